The molecule has 1 saturated heterocycles. The normalized spacial score (nSPS) is 20.1. The number of hydrogen-bond donors (Lipinski definition) is 0. The lowest BCUT2D eigenvalue weighted by molar-refractivity contribution is 0.0730. The number of sulfonamides is 1. The molecule has 1 unspecified atom stereocenters. The zero-order chi connectivity index (χ0) is 21.3. The van der Waals surface area contributed by atoms with E-state index in [4.69, 9.17) is 0 Å². The van der Waals surface area contributed by atoms with Gasteiger partial charge in [0.25, 0.3) is 5.91 Å². The summed E-state index contributed by atoms with van der Waals surface area (Å²) in [6, 6.07) is 12.6. The summed E-state index contributed by atoms with van der Waals surface area (Å²) >= 11 is 0. The summed E-state index contributed by atoms with van der Waals surface area (Å²) in [5, 5.41) is 0. The molecule has 7 heteroatoms. The van der Waals surface area contributed by atoms with E-state index in [0.29, 0.717) is 18.7 Å². The second kappa shape index (κ2) is 8.47. The van der Waals surface area contributed by atoms with E-state index >= 15 is 0 Å². The van der Waals surface area contributed by atoms with Crippen LogP contribution in [-0.4, -0.2) is 42.2 Å². The van der Waals surface area contributed by atoms with Gasteiger partial charge in [-0.05, 0) is 74.6 Å². The Morgan fingerprint density at radius 2 is 1.70 bits per heavy atom. The van der Waals surface area contributed by atoms with E-state index in [-0.39, 0.29) is 28.7 Å². The van der Waals surface area contributed by atoms with Crippen molar-refractivity contribution < 1.29 is 17.6 Å². The van der Waals surface area contributed by atoms with Crippen molar-refractivity contribution in [3.05, 3.63) is 65.5 Å². The molecule has 1 saturated carbocycles. The van der Waals surface area contributed by atoms with Crippen LogP contribution in [0.2, 0.25) is 0 Å². The predicted molar refractivity (Wildman–Crippen MR) is 113 cm³/mol. The topological polar surface area (TPSA) is 57.7 Å². The summed E-state index contributed by atoms with van der Waals surface area (Å²) < 4.78 is 40.7. The van der Waals surface area contributed by atoms with E-state index in [9.17, 15) is 17.6 Å². The highest BCUT2D eigenvalue weighted by molar-refractivity contribution is 7.89. The number of rotatable bonds is 6. The summed E-state index contributed by atoms with van der Waals surface area (Å²) in [7, 11) is -3.56. The lowest BCUT2D eigenvalue weighted by atomic mass is 10.1. The first-order valence-electron chi connectivity index (χ1n) is 10.5. The molecule has 0 N–H and O–H groups in total. The SMILES string of the molecule is CC1CCCCN1S(=O)(=O)c1ccc(C(=O)N(Cc2ccc(F)cc2)C2CC2)cc1. The van der Waals surface area contributed by atoms with Gasteiger partial charge in [-0.25, -0.2) is 12.8 Å². The van der Waals surface area contributed by atoms with E-state index in [1.165, 1.54) is 24.3 Å². The monoisotopic (exact) mass is 430 g/mol. The van der Waals surface area contributed by atoms with Gasteiger partial charge in [-0.2, -0.15) is 4.31 Å². The zero-order valence-electron chi connectivity index (χ0n) is 17.1. The maximum absolute atomic E-state index is 13.2. The van der Waals surface area contributed by atoms with Crippen molar-refractivity contribution >= 4 is 15.9 Å². The van der Waals surface area contributed by atoms with Crippen LogP contribution in [0.1, 0.15) is 54.9 Å². The lowest BCUT2D eigenvalue weighted by Crippen LogP contribution is -2.41. The van der Waals surface area contributed by atoms with Gasteiger partial charge >= 0.3 is 0 Å². The molecule has 5 nitrogen and oxygen atoms in total. The molecule has 0 radical (unpaired) electrons. The molecule has 1 amide bonds. The standard InChI is InChI=1S/C23H27FN2O3S/c1-17-4-2-3-15-26(17)30(28,29)22-13-7-19(8-14-22)23(27)25(21-11-12-21)16-18-5-9-20(24)10-6-18/h5-10,13-14,17,21H,2-4,11-12,15-16H2,1H3. The molecule has 2 aromatic carbocycles. The third kappa shape index (κ3) is 4.42. The van der Waals surface area contributed by atoms with Crippen molar-refractivity contribution in [1.82, 2.24) is 9.21 Å². The minimum atomic E-state index is -3.56. The minimum Gasteiger partial charge on any atom is -0.331 e. The molecule has 0 bridgehead atoms. The number of hydrogen-bond acceptors (Lipinski definition) is 3. The summed E-state index contributed by atoms with van der Waals surface area (Å²) in [6.07, 6.45) is 4.69. The Bertz CT molecular complexity index is 1000. The Kier molecular flexibility index (Phi) is 5.93. The Hall–Kier alpha value is -2.25. The van der Waals surface area contributed by atoms with Crippen LogP contribution in [-0.2, 0) is 16.6 Å². The quantitative estimate of drug-likeness (QED) is 0.690. The molecule has 1 atom stereocenters. The van der Waals surface area contributed by atoms with Crippen LogP contribution in [0.15, 0.2) is 53.4 Å². The molecule has 2 fully saturated rings. The summed E-state index contributed by atoms with van der Waals surface area (Å²) in [4.78, 5) is 15.1. The van der Waals surface area contributed by atoms with Crippen molar-refractivity contribution in [3.63, 3.8) is 0 Å². The minimum absolute atomic E-state index is 0.00822. The molecule has 1 heterocycles. The maximum atomic E-state index is 13.2. The van der Waals surface area contributed by atoms with E-state index < -0.39 is 10.0 Å². The third-order valence-electron chi connectivity index (χ3n) is 5.96. The fourth-order valence-electron chi connectivity index (χ4n) is 4.04. The summed E-state index contributed by atoms with van der Waals surface area (Å²) in [5.74, 6) is -0.431. The highest BCUT2D eigenvalue weighted by Crippen LogP contribution is 2.31. The van der Waals surface area contributed by atoms with Gasteiger partial charge in [0.1, 0.15) is 5.82 Å². The number of piperidine rings is 1. The van der Waals surface area contributed by atoms with Crippen molar-refractivity contribution in [1.29, 1.82) is 0 Å². The Balaban J connectivity index is 1.52. The molecule has 0 aromatic heterocycles. The second-order valence-corrected chi connectivity index (χ2v) is 10.2. The first-order chi connectivity index (χ1) is 14.4. The van der Waals surface area contributed by atoms with Crippen LogP contribution in [0, 0.1) is 5.82 Å². The Morgan fingerprint density at radius 1 is 1.03 bits per heavy atom. The largest absolute Gasteiger partial charge is 0.331 e. The molecule has 2 aromatic rings. The van der Waals surface area contributed by atoms with Gasteiger partial charge in [0.2, 0.25) is 10.0 Å². The van der Waals surface area contributed by atoms with Gasteiger partial charge in [0.05, 0.1) is 4.90 Å². The molecule has 4 rings (SSSR count). The fraction of sp³-hybridized carbons (Fsp3) is 0.435. The average molecular weight is 431 g/mol. The number of carbonyl (C=O) groups excluding carboxylic acids is 1. The molecule has 1 aliphatic carbocycles. The van der Waals surface area contributed by atoms with E-state index in [1.807, 2.05) is 6.92 Å². The van der Waals surface area contributed by atoms with Crippen LogP contribution < -0.4 is 0 Å². The molecule has 2 aliphatic rings. The van der Waals surface area contributed by atoms with E-state index in [1.54, 1.807) is 33.5 Å². The van der Waals surface area contributed by atoms with Gasteiger partial charge in [-0.15, -0.1) is 0 Å². The van der Waals surface area contributed by atoms with E-state index in [0.717, 1.165) is 37.7 Å². The van der Waals surface area contributed by atoms with Gasteiger partial charge < -0.3 is 4.90 Å². The summed E-state index contributed by atoms with van der Waals surface area (Å²) in [6.45, 7) is 2.89. The first kappa shape index (κ1) is 21.0. The van der Waals surface area contributed by atoms with Gasteiger partial charge in [-0.3, -0.25) is 4.79 Å². The fourth-order valence-corrected chi connectivity index (χ4v) is 5.74. The van der Waals surface area contributed by atoms with Gasteiger partial charge in [0.15, 0.2) is 0 Å². The number of amides is 1. The summed E-state index contributed by atoms with van der Waals surface area (Å²) in [5.41, 5.74) is 1.34. The molecule has 160 valence electrons. The van der Waals surface area contributed by atoms with Crippen LogP contribution in [0.25, 0.3) is 0 Å². The molecule has 1 aliphatic heterocycles. The van der Waals surface area contributed by atoms with Crippen molar-refractivity contribution in [2.24, 2.45) is 0 Å². The highest BCUT2D eigenvalue weighted by atomic mass is 32.2. The smallest absolute Gasteiger partial charge is 0.254 e. The molecular weight excluding hydrogens is 403 g/mol. The number of carbonyl (C=O) groups is 1. The number of halogens is 1. The Labute approximate surface area is 177 Å². The molecule has 30 heavy (non-hydrogen) atoms. The van der Waals surface area contributed by atoms with Crippen LogP contribution in [0.3, 0.4) is 0 Å². The highest BCUT2D eigenvalue weighted by Gasteiger charge is 2.34. The second-order valence-electron chi connectivity index (χ2n) is 8.28. The third-order valence-corrected chi connectivity index (χ3v) is 7.99. The van der Waals surface area contributed by atoms with Crippen LogP contribution in [0.5, 0.6) is 0 Å². The van der Waals surface area contributed by atoms with Crippen molar-refractivity contribution in [2.75, 3.05) is 6.54 Å². The maximum Gasteiger partial charge on any atom is 0.254 e. The Morgan fingerprint density at radius 3 is 2.30 bits per heavy atom. The average Bonchev–Trinajstić information content (AvgIpc) is 3.58. The van der Waals surface area contributed by atoms with Crippen molar-refractivity contribution in [2.45, 2.75) is 62.6 Å². The first-order valence-corrected chi connectivity index (χ1v) is 12.0. The van der Waals surface area contributed by atoms with Crippen molar-refractivity contribution in [3.8, 4) is 0 Å². The van der Waals surface area contributed by atoms with Gasteiger partial charge in [0, 0.05) is 30.7 Å². The number of nitrogens with zero attached hydrogens (tertiary/aromatic N) is 2. The zero-order valence-corrected chi connectivity index (χ0v) is 17.9. The predicted octanol–water partition coefficient (Wildman–Crippen LogP) is 4.19. The van der Waals surface area contributed by atoms with Crippen LogP contribution >= 0.6 is 0 Å². The van der Waals surface area contributed by atoms with E-state index in [2.05, 4.69) is 0 Å². The molecular formula is C23H27FN2O3S. The van der Waals surface area contributed by atoms with Gasteiger partial charge in [-0.1, -0.05) is 18.6 Å². The molecule has 0 spiro atoms. The lowest BCUT2D eigenvalue weighted by Gasteiger charge is -2.32. The number of benzene rings is 2. The van der Waals surface area contributed by atoms with Crippen LogP contribution in [0.4, 0.5) is 4.39 Å².